The van der Waals surface area contributed by atoms with Crippen molar-refractivity contribution in [2.24, 2.45) is 0 Å². The molecular formula is C19H17F3N4O2. The third kappa shape index (κ3) is 3.39. The zero-order valence-electron chi connectivity index (χ0n) is 15.2. The summed E-state index contributed by atoms with van der Waals surface area (Å²) >= 11 is 0. The van der Waals surface area contributed by atoms with Gasteiger partial charge in [0.1, 0.15) is 11.4 Å². The fourth-order valence-electron chi connectivity index (χ4n) is 3.00. The molecule has 1 N–H and O–H groups in total. The second kappa shape index (κ2) is 6.50. The Balaban J connectivity index is 1.73. The Morgan fingerprint density at radius 3 is 2.64 bits per heavy atom. The molecule has 28 heavy (non-hydrogen) atoms. The molecule has 2 aromatic heterocycles. The summed E-state index contributed by atoms with van der Waals surface area (Å²) in [6.45, 7) is 1.85. The van der Waals surface area contributed by atoms with Gasteiger partial charge in [0.25, 0.3) is 5.91 Å². The highest BCUT2D eigenvalue weighted by Gasteiger charge is 2.37. The summed E-state index contributed by atoms with van der Waals surface area (Å²) in [6.07, 6.45) is -2.98. The van der Waals surface area contributed by atoms with Crippen LogP contribution >= 0.6 is 0 Å². The van der Waals surface area contributed by atoms with Gasteiger partial charge in [0.15, 0.2) is 11.3 Å². The van der Waals surface area contributed by atoms with Crippen LogP contribution in [0.2, 0.25) is 0 Å². The first-order chi connectivity index (χ1) is 13.3. The zero-order chi connectivity index (χ0) is 20.1. The number of nitrogens with zero attached hydrogens (tertiary/aromatic N) is 3. The molecule has 0 bridgehead atoms. The van der Waals surface area contributed by atoms with Gasteiger partial charge in [-0.15, -0.1) is 0 Å². The predicted octanol–water partition coefficient (Wildman–Crippen LogP) is 4.19. The van der Waals surface area contributed by atoms with Crippen LogP contribution in [0.25, 0.3) is 5.65 Å². The number of halogens is 3. The SMILES string of the molecule is COc1ccc(C)cc1NC(=O)c1cc2nc(C3CC3)cc(C(F)(F)F)n2n1. The number of nitrogens with one attached hydrogen (secondary N) is 1. The van der Waals surface area contributed by atoms with Crippen LogP contribution in [-0.2, 0) is 6.18 Å². The van der Waals surface area contributed by atoms with E-state index in [0.717, 1.165) is 24.5 Å². The molecule has 1 fully saturated rings. The molecule has 0 unspecified atom stereocenters. The average Bonchev–Trinajstić information content (AvgIpc) is 3.39. The normalized spacial score (nSPS) is 14.3. The molecule has 3 aromatic rings. The molecule has 146 valence electrons. The van der Waals surface area contributed by atoms with E-state index >= 15 is 0 Å². The largest absolute Gasteiger partial charge is 0.495 e. The van der Waals surface area contributed by atoms with Gasteiger partial charge >= 0.3 is 6.18 Å². The number of methoxy groups -OCH3 is 1. The molecule has 0 radical (unpaired) electrons. The molecular weight excluding hydrogens is 373 g/mol. The van der Waals surface area contributed by atoms with Gasteiger partial charge in [0, 0.05) is 17.7 Å². The van der Waals surface area contributed by atoms with Crippen molar-refractivity contribution in [3.8, 4) is 5.75 Å². The minimum atomic E-state index is -4.61. The Hall–Kier alpha value is -3.10. The molecule has 1 aromatic carbocycles. The van der Waals surface area contributed by atoms with E-state index < -0.39 is 17.8 Å². The minimum absolute atomic E-state index is 0.00178. The Bertz CT molecular complexity index is 1070. The summed E-state index contributed by atoms with van der Waals surface area (Å²) in [5.74, 6) is -0.168. The van der Waals surface area contributed by atoms with E-state index in [1.54, 1.807) is 12.1 Å². The van der Waals surface area contributed by atoms with Crippen LogP contribution in [-0.4, -0.2) is 27.6 Å². The molecule has 1 amide bonds. The van der Waals surface area contributed by atoms with Gasteiger partial charge in [0.05, 0.1) is 12.8 Å². The van der Waals surface area contributed by atoms with Crippen LogP contribution in [0.3, 0.4) is 0 Å². The van der Waals surface area contributed by atoms with Crippen LogP contribution in [0, 0.1) is 6.92 Å². The molecule has 2 heterocycles. The molecule has 6 nitrogen and oxygen atoms in total. The van der Waals surface area contributed by atoms with Gasteiger partial charge in [-0.2, -0.15) is 18.3 Å². The summed E-state index contributed by atoms with van der Waals surface area (Å²) in [5, 5.41) is 6.49. The lowest BCUT2D eigenvalue weighted by Crippen LogP contribution is -2.16. The summed E-state index contributed by atoms with van der Waals surface area (Å²) < 4.78 is 46.3. The van der Waals surface area contributed by atoms with E-state index in [1.165, 1.54) is 13.2 Å². The molecule has 1 aliphatic carbocycles. The number of carbonyl (C=O) groups excluding carboxylic acids is 1. The van der Waals surface area contributed by atoms with Crippen molar-refractivity contribution in [2.75, 3.05) is 12.4 Å². The van der Waals surface area contributed by atoms with Gasteiger partial charge in [-0.25, -0.2) is 9.50 Å². The second-order valence-corrected chi connectivity index (χ2v) is 6.80. The summed E-state index contributed by atoms with van der Waals surface area (Å²) in [6, 6.07) is 7.50. The summed E-state index contributed by atoms with van der Waals surface area (Å²) in [5.41, 5.74) is 0.583. The van der Waals surface area contributed by atoms with Crippen molar-refractivity contribution < 1.29 is 22.7 Å². The number of fused-ring (bicyclic) bond motifs is 1. The van der Waals surface area contributed by atoms with Crippen LogP contribution in [0.15, 0.2) is 30.3 Å². The maximum atomic E-state index is 13.5. The molecule has 0 spiro atoms. The minimum Gasteiger partial charge on any atom is -0.495 e. The summed E-state index contributed by atoms with van der Waals surface area (Å²) in [4.78, 5) is 16.9. The Kier molecular flexibility index (Phi) is 4.24. The fourth-order valence-corrected chi connectivity index (χ4v) is 3.00. The molecule has 4 rings (SSSR count). The lowest BCUT2D eigenvalue weighted by atomic mass is 10.2. The van der Waals surface area contributed by atoms with Gasteiger partial charge in [-0.3, -0.25) is 4.79 Å². The van der Waals surface area contributed by atoms with Crippen LogP contribution in [0.4, 0.5) is 18.9 Å². The lowest BCUT2D eigenvalue weighted by molar-refractivity contribution is -0.142. The third-order valence-corrected chi connectivity index (χ3v) is 4.57. The molecule has 1 saturated carbocycles. The van der Waals surface area contributed by atoms with Crippen LogP contribution < -0.4 is 10.1 Å². The van der Waals surface area contributed by atoms with Gasteiger partial charge in [-0.05, 0) is 43.5 Å². The summed E-state index contributed by atoms with van der Waals surface area (Å²) in [7, 11) is 1.46. The standard InChI is InChI=1S/C19H17F3N4O2/c1-10-3-6-15(28-2)13(7-10)24-18(27)14-9-17-23-12(11-4-5-11)8-16(19(20,21)22)26(17)25-14/h3,6-9,11H,4-5H2,1-2H3,(H,24,27). The first-order valence-corrected chi connectivity index (χ1v) is 8.70. The number of hydrogen-bond donors (Lipinski definition) is 1. The van der Waals surface area contributed by atoms with Crippen molar-refractivity contribution in [2.45, 2.75) is 31.9 Å². The lowest BCUT2D eigenvalue weighted by Gasteiger charge is -2.10. The monoisotopic (exact) mass is 390 g/mol. The zero-order valence-corrected chi connectivity index (χ0v) is 15.2. The van der Waals surface area contributed by atoms with Crippen LogP contribution in [0.1, 0.15) is 46.2 Å². The van der Waals surface area contributed by atoms with E-state index in [2.05, 4.69) is 15.4 Å². The molecule has 0 atom stereocenters. The maximum absolute atomic E-state index is 13.5. The number of benzene rings is 1. The Morgan fingerprint density at radius 1 is 1.25 bits per heavy atom. The highest BCUT2D eigenvalue weighted by Crippen LogP contribution is 2.41. The van der Waals surface area contributed by atoms with Crippen molar-refractivity contribution in [1.29, 1.82) is 0 Å². The molecule has 0 aliphatic heterocycles. The number of anilines is 1. The van der Waals surface area contributed by atoms with Crippen LogP contribution in [0.5, 0.6) is 5.75 Å². The fraction of sp³-hybridized carbons (Fsp3) is 0.316. The Morgan fingerprint density at radius 2 is 2.00 bits per heavy atom. The van der Waals surface area contributed by atoms with Gasteiger partial charge in [-0.1, -0.05) is 6.07 Å². The first-order valence-electron chi connectivity index (χ1n) is 8.70. The van der Waals surface area contributed by atoms with Gasteiger partial charge < -0.3 is 10.1 Å². The number of ether oxygens (including phenoxy) is 1. The number of alkyl halides is 3. The van der Waals surface area contributed by atoms with E-state index in [0.29, 0.717) is 21.6 Å². The molecule has 0 saturated heterocycles. The van der Waals surface area contributed by atoms with E-state index in [1.807, 2.05) is 13.0 Å². The number of rotatable bonds is 4. The number of amides is 1. The molecule has 9 heteroatoms. The second-order valence-electron chi connectivity index (χ2n) is 6.80. The van der Waals surface area contributed by atoms with Gasteiger partial charge in [0.2, 0.25) is 0 Å². The Labute approximate surface area is 158 Å². The molecule has 1 aliphatic rings. The number of aryl methyl sites for hydroxylation is 1. The predicted molar refractivity (Wildman–Crippen MR) is 95.6 cm³/mol. The quantitative estimate of drug-likeness (QED) is 0.725. The first kappa shape index (κ1) is 18.3. The topological polar surface area (TPSA) is 68.5 Å². The number of aromatic nitrogens is 3. The number of hydrogen-bond acceptors (Lipinski definition) is 4. The van der Waals surface area contributed by atoms with Crippen molar-refractivity contribution in [1.82, 2.24) is 14.6 Å². The highest BCUT2D eigenvalue weighted by atomic mass is 19.4. The number of carbonyl (C=O) groups is 1. The third-order valence-electron chi connectivity index (χ3n) is 4.57. The van der Waals surface area contributed by atoms with Crippen molar-refractivity contribution in [3.05, 3.63) is 53.0 Å². The van der Waals surface area contributed by atoms with Crippen molar-refractivity contribution in [3.63, 3.8) is 0 Å². The van der Waals surface area contributed by atoms with E-state index in [4.69, 9.17) is 4.74 Å². The maximum Gasteiger partial charge on any atom is 0.433 e. The smallest absolute Gasteiger partial charge is 0.433 e. The van der Waals surface area contributed by atoms with Crippen molar-refractivity contribution >= 4 is 17.2 Å². The van der Waals surface area contributed by atoms with E-state index in [9.17, 15) is 18.0 Å². The van der Waals surface area contributed by atoms with E-state index in [-0.39, 0.29) is 17.3 Å². The highest BCUT2D eigenvalue weighted by molar-refractivity contribution is 6.04. The average molecular weight is 390 g/mol.